The van der Waals surface area contributed by atoms with Crippen molar-refractivity contribution in [3.05, 3.63) is 6.92 Å². The maximum Gasteiger partial charge on any atom is 2.00 e. The molecule has 0 aromatic heterocycles. The normalized spacial score (nSPS) is 11.7. The number of rotatable bonds is 11. The minimum absolute atomic E-state index is 0. The van der Waals surface area contributed by atoms with Crippen molar-refractivity contribution in [3.8, 4) is 0 Å². The molecule has 0 aromatic carbocycles. The number of halogens is 1. The number of unbranched alkanes of at least 4 members (excludes halogenated alkanes) is 8. The molecule has 0 rings (SSSR count). The van der Waals surface area contributed by atoms with Crippen molar-refractivity contribution in [2.75, 3.05) is 6.61 Å². The molecule has 1 nitrogen and oxygen atoms in total. The molecule has 0 bridgehead atoms. The average Bonchev–Trinajstić information content (AvgIpc) is 2.30. The maximum absolute atomic E-state index is 6.19. The van der Waals surface area contributed by atoms with E-state index in [-0.39, 0.29) is 40.0 Å². The predicted octanol–water partition coefficient (Wildman–Crippen LogP) is 2.98. The van der Waals surface area contributed by atoms with E-state index in [1.165, 1.54) is 51.4 Å². The minimum atomic E-state index is -1.50. The summed E-state index contributed by atoms with van der Waals surface area (Å²) >= 11 is 0. The Morgan fingerprint density at radius 3 is 1.57 bits per heavy atom. The van der Waals surface area contributed by atoms with Gasteiger partial charge < -0.3 is 28.3 Å². The second kappa shape index (κ2) is 15.0. The molecule has 4 heteroatoms. The first-order valence-electron chi connectivity index (χ1n) is 8.24. The van der Waals surface area contributed by atoms with Crippen LogP contribution in [-0.2, 0) is 4.43 Å². The van der Waals surface area contributed by atoms with E-state index in [1.54, 1.807) is 0 Å². The van der Waals surface area contributed by atoms with Gasteiger partial charge in [0.05, 0.1) is 0 Å². The fraction of sp³-hybridized carbons (Fsp3) is 0.941. The smallest absolute Gasteiger partial charge is 1.00 e. The molecule has 0 spiro atoms. The molecular weight excluding hydrogens is 352 g/mol. The van der Waals surface area contributed by atoms with Gasteiger partial charge in [-0.15, -0.1) is 0 Å². The predicted molar refractivity (Wildman–Crippen MR) is 95.8 cm³/mol. The van der Waals surface area contributed by atoms with Crippen LogP contribution in [-0.4, -0.2) is 38.0 Å². The van der Waals surface area contributed by atoms with Crippen LogP contribution in [0.3, 0.4) is 0 Å². The molecule has 0 aliphatic heterocycles. The van der Waals surface area contributed by atoms with Crippen LogP contribution in [0.4, 0.5) is 0 Å². The Balaban J connectivity index is -0.00000162. The van der Waals surface area contributed by atoms with E-state index in [9.17, 15) is 0 Å². The van der Waals surface area contributed by atoms with Gasteiger partial charge in [0.25, 0.3) is 0 Å². The first-order valence-corrected chi connectivity index (χ1v) is 11.2. The molecule has 0 N–H and O–H groups in total. The van der Waals surface area contributed by atoms with Gasteiger partial charge in [-0.25, -0.2) is 0 Å². The van der Waals surface area contributed by atoms with Crippen LogP contribution in [0.25, 0.3) is 0 Å². The van der Waals surface area contributed by atoms with Gasteiger partial charge in [-0.1, -0.05) is 65.7 Å². The first-order chi connectivity index (χ1) is 8.81. The molecule has 0 amide bonds. The van der Waals surface area contributed by atoms with E-state index in [0.717, 1.165) is 13.0 Å². The van der Waals surface area contributed by atoms with Gasteiger partial charge >= 0.3 is 23.1 Å². The standard InChI is InChI=1S/C17H37OSi.BrH.Mg/c1-7-8-9-10-11-12-13-14-15-16-18-19(5,6)17(2,3)4;;/h1,7-16H2,2-6H3;1H;/q-1;;+2/p-1. The third-order valence-corrected chi connectivity index (χ3v) is 8.95. The summed E-state index contributed by atoms with van der Waals surface area (Å²) in [6.07, 6.45) is 11.9. The quantitative estimate of drug-likeness (QED) is 0.300. The topological polar surface area (TPSA) is 9.23 Å². The molecule has 0 aromatic rings. The average molecular weight is 390 g/mol. The van der Waals surface area contributed by atoms with Gasteiger partial charge in [0.1, 0.15) is 0 Å². The van der Waals surface area contributed by atoms with E-state index in [2.05, 4.69) is 40.8 Å². The fourth-order valence-corrected chi connectivity index (χ4v) is 2.97. The maximum atomic E-state index is 6.19. The molecule has 0 saturated heterocycles. The molecule has 0 fully saturated rings. The van der Waals surface area contributed by atoms with Gasteiger partial charge in [-0.05, 0) is 24.6 Å². The van der Waals surface area contributed by atoms with Gasteiger partial charge in [0.15, 0.2) is 8.32 Å². The van der Waals surface area contributed by atoms with E-state index in [0.29, 0.717) is 5.04 Å². The summed E-state index contributed by atoms with van der Waals surface area (Å²) in [6.45, 7) is 16.5. The summed E-state index contributed by atoms with van der Waals surface area (Å²) < 4.78 is 6.19. The van der Waals surface area contributed by atoms with Crippen molar-refractivity contribution in [2.45, 2.75) is 96.7 Å². The molecule has 21 heavy (non-hydrogen) atoms. The Morgan fingerprint density at radius 2 is 1.19 bits per heavy atom. The van der Waals surface area contributed by atoms with Crippen LogP contribution in [0, 0.1) is 6.92 Å². The van der Waals surface area contributed by atoms with Crippen molar-refractivity contribution < 1.29 is 21.4 Å². The van der Waals surface area contributed by atoms with Gasteiger partial charge in [0.2, 0.25) is 0 Å². The van der Waals surface area contributed by atoms with Crippen molar-refractivity contribution in [1.29, 1.82) is 0 Å². The molecule has 0 aliphatic rings. The Morgan fingerprint density at radius 1 is 0.810 bits per heavy atom. The second-order valence-corrected chi connectivity index (χ2v) is 12.1. The molecule has 0 aliphatic carbocycles. The third-order valence-electron chi connectivity index (χ3n) is 4.41. The first kappa shape index (κ1) is 27.3. The molecule has 0 heterocycles. The molecule has 0 saturated carbocycles. The summed E-state index contributed by atoms with van der Waals surface area (Å²) in [5.41, 5.74) is 0. The molecule has 124 valence electrons. The van der Waals surface area contributed by atoms with E-state index < -0.39 is 8.32 Å². The molecule has 0 unspecified atom stereocenters. The minimum Gasteiger partial charge on any atom is -1.00 e. The zero-order valence-corrected chi connectivity index (χ0v) is 19.3. The van der Waals surface area contributed by atoms with Crippen molar-refractivity contribution in [3.63, 3.8) is 0 Å². The van der Waals surface area contributed by atoms with Crippen molar-refractivity contribution in [1.82, 2.24) is 0 Å². The molecule has 0 atom stereocenters. The van der Waals surface area contributed by atoms with Crippen LogP contribution >= 0.6 is 0 Å². The number of hydrogen-bond donors (Lipinski definition) is 0. The van der Waals surface area contributed by atoms with Gasteiger partial charge in [-0.3, -0.25) is 0 Å². The number of hydrogen-bond acceptors (Lipinski definition) is 1. The van der Waals surface area contributed by atoms with Crippen LogP contribution in [0.2, 0.25) is 18.1 Å². The second-order valence-electron chi connectivity index (χ2n) is 7.29. The third kappa shape index (κ3) is 14.7. The van der Waals surface area contributed by atoms with Crippen LogP contribution in [0.1, 0.15) is 78.6 Å². The van der Waals surface area contributed by atoms with Crippen LogP contribution < -0.4 is 17.0 Å². The zero-order valence-electron chi connectivity index (χ0n) is 15.3. The van der Waals surface area contributed by atoms with Crippen molar-refractivity contribution >= 4 is 31.4 Å². The van der Waals surface area contributed by atoms with Crippen molar-refractivity contribution in [2.24, 2.45) is 0 Å². The molecule has 0 radical (unpaired) electrons. The summed E-state index contributed by atoms with van der Waals surface area (Å²) in [5.74, 6) is 0. The summed E-state index contributed by atoms with van der Waals surface area (Å²) in [5, 5.41) is 0.348. The Labute approximate surface area is 162 Å². The molecular formula is C17H37BrMgOSi. The summed E-state index contributed by atoms with van der Waals surface area (Å²) in [4.78, 5) is 0. The van der Waals surface area contributed by atoms with E-state index in [1.807, 2.05) is 0 Å². The monoisotopic (exact) mass is 388 g/mol. The summed E-state index contributed by atoms with van der Waals surface area (Å²) in [6, 6.07) is 0. The zero-order chi connectivity index (χ0) is 14.8. The van der Waals surface area contributed by atoms with E-state index in [4.69, 9.17) is 4.43 Å². The largest absolute Gasteiger partial charge is 2.00 e. The van der Waals surface area contributed by atoms with Gasteiger partial charge in [0, 0.05) is 6.61 Å². The fourth-order valence-electron chi connectivity index (χ4n) is 1.88. The Kier molecular flexibility index (Phi) is 19.5. The SMILES string of the molecule is [Br-].[CH2-]CCCCCCCCCCO[Si](C)(C)C(C)(C)C.[Mg+2]. The van der Waals surface area contributed by atoms with Gasteiger partial charge in [-0.2, -0.15) is 6.42 Å². The van der Waals surface area contributed by atoms with Crippen LogP contribution in [0.5, 0.6) is 0 Å². The summed E-state index contributed by atoms with van der Waals surface area (Å²) in [7, 11) is -1.50. The van der Waals surface area contributed by atoms with E-state index >= 15 is 0 Å². The van der Waals surface area contributed by atoms with Crippen LogP contribution in [0.15, 0.2) is 0 Å². The Bertz CT molecular complexity index is 217. The Hall–Kier alpha value is 1.42.